The van der Waals surface area contributed by atoms with Crippen LogP contribution in [0.1, 0.15) is 19.0 Å². The Labute approximate surface area is 131 Å². The van der Waals surface area contributed by atoms with Gasteiger partial charge < -0.3 is 10.1 Å². The maximum atomic E-state index is 5.70. The zero-order valence-corrected chi connectivity index (χ0v) is 13.2. The van der Waals surface area contributed by atoms with E-state index in [0.29, 0.717) is 6.61 Å². The Kier molecular flexibility index (Phi) is 7.12. The van der Waals surface area contributed by atoms with Gasteiger partial charge in [0.1, 0.15) is 5.75 Å². The fourth-order valence-electron chi connectivity index (χ4n) is 1.83. The number of thioether (sulfide) groups is 1. The summed E-state index contributed by atoms with van der Waals surface area (Å²) in [6, 6.07) is 14.4. The largest absolute Gasteiger partial charge is 0.491 e. The first-order chi connectivity index (χ1) is 10.4. The van der Waals surface area contributed by atoms with Gasteiger partial charge in [-0.3, -0.25) is 4.98 Å². The molecule has 0 aliphatic carbocycles. The van der Waals surface area contributed by atoms with E-state index in [9.17, 15) is 0 Å². The van der Waals surface area contributed by atoms with Gasteiger partial charge in [-0.1, -0.05) is 25.1 Å². The summed E-state index contributed by atoms with van der Waals surface area (Å²) < 4.78 is 5.70. The maximum Gasteiger partial charge on any atom is 0.137 e. The molecule has 0 fully saturated rings. The van der Waals surface area contributed by atoms with Gasteiger partial charge in [0.25, 0.3) is 0 Å². The Morgan fingerprint density at radius 3 is 2.71 bits per heavy atom. The van der Waals surface area contributed by atoms with Crippen molar-refractivity contribution < 1.29 is 4.74 Å². The van der Waals surface area contributed by atoms with Crippen molar-refractivity contribution in [2.75, 3.05) is 18.9 Å². The first-order valence-corrected chi connectivity index (χ1v) is 8.33. The van der Waals surface area contributed by atoms with E-state index in [1.54, 1.807) is 18.0 Å². The van der Waals surface area contributed by atoms with Crippen LogP contribution in [0.4, 0.5) is 0 Å². The third kappa shape index (κ3) is 6.19. The highest BCUT2D eigenvalue weighted by atomic mass is 32.2. The van der Waals surface area contributed by atoms with Crippen LogP contribution in [-0.2, 0) is 6.54 Å². The standard InChI is InChI=1S/C17H22N2OS/c1-2-10-18-13-15-8-9-16(14-19-15)20-11-12-21-17-6-4-3-5-7-17/h3-9,14,18H,2,10-13H2,1H3. The van der Waals surface area contributed by atoms with Crippen LogP contribution in [0.15, 0.2) is 53.6 Å². The molecule has 0 saturated heterocycles. The molecule has 2 aromatic rings. The van der Waals surface area contributed by atoms with Gasteiger partial charge in [-0.2, -0.15) is 0 Å². The monoisotopic (exact) mass is 302 g/mol. The lowest BCUT2D eigenvalue weighted by atomic mass is 10.3. The van der Waals surface area contributed by atoms with E-state index in [0.717, 1.165) is 36.7 Å². The number of ether oxygens (including phenoxy) is 1. The smallest absolute Gasteiger partial charge is 0.137 e. The molecule has 3 nitrogen and oxygen atoms in total. The molecule has 0 bridgehead atoms. The minimum Gasteiger partial charge on any atom is -0.491 e. The van der Waals surface area contributed by atoms with Gasteiger partial charge in [-0.05, 0) is 37.2 Å². The first-order valence-electron chi connectivity index (χ1n) is 7.35. The molecular weight excluding hydrogens is 280 g/mol. The molecular formula is C17H22N2OS. The highest BCUT2D eigenvalue weighted by Gasteiger charge is 1.98. The lowest BCUT2D eigenvalue weighted by Crippen LogP contribution is -2.14. The van der Waals surface area contributed by atoms with Crippen molar-refractivity contribution in [2.45, 2.75) is 24.8 Å². The zero-order valence-electron chi connectivity index (χ0n) is 12.4. The Morgan fingerprint density at radius 1 is 1.14 bits per heavy atom. The quantitative estimate of drug-likeness (QED) is 0.565. The molecule has 0 saturated carbocycles. The number of pyridine rings is 1. The second-order valence-electron chi connectivity index (χ2n) is 4.67. The van der Waals surface area contributed by atoms with Crippen LogP contribution >= 0.6 is 11.8 Å². The Hall–Kier alpha value is -1.52. The van der Waals surface area contributed by atoms with Crippen LogP contribution in [-0.4, -0.2) is 23.9 Å². The normalized spacial score (nSPS) is 10.5. The Bertz CT molecular complexity index is 502. The SMILES string of the molecule is CCCNCc1ccc(OCCSc2ccccc2)cn1. The molecule has 0 aliphatic rings. The van der Waals surface area contributed by atoms with E-state index < -0.39 is 0 Å². The van der Waals surface area contributed by atoms with Gasteiger partial charge in [-0.15, -0.1) is 11.8 Å². The highest BCUT2D eigenvalue weighted by Crippen LogP contribution is 2.17. The molecule has 1 aromatic carbocycles. The van der Waals surface area contributed by atoms with Crippen molar-refractivity contribution in [1.29, 1.82) is 0 Å². The van der Waals surface area contributed by atoms with E-state index in [1.807, 2.05) is 18.2 Å². The fourth-order valence-corrected chi connectivity index (χ4v) is 2.58. The Balaban J connectivity index is 1.66. The number of benzene rings is 1. The minimum atomic E-state index is 0.689. The molecule has 0 spiro atoms. The summed E-state index contributed by atoms with van der Waals surface area (Å²) in [4.78, 5) is 5.67. The number of rotatable bonds is 9. The predicted octanol–water partition coefficient (Wildman–Crippen LogP) is 3.75. The van der Waals surface area contributed by atoms with Crippen LogP contribution in [0.5, 0.6) is 5.75 Å². The molecule has 0 unspecified atom stereocenters. The van der Waals surface area contributed by atoms with E-state index in [2.05, 4.69) is 41.5 Å². The maximum absolute atomic E-state index is 5.70. The van der Waals surface area contributed by atoms with Crippen molar-refractivity contribution >= 4 is 11.8 Å². The molecule has 1 N–H and O–H groups in total. The average molecular weight is 302 g/mol. The van der Waals surface area contributed by atoms with Crippen molar-refractivity contribution in [3.8, 4) is 5.75 Å². The van der Waals surface area contributed by atoms with Gasteiger partial charge in [0.2, 0.25) is 0 Å². The van der Waals surface area contributed by atoms with Crippen LogP contribution in [0, 0.1) is 0 Å². The average Bonchev–Trinajstić information content (AvgIpc) is 2.54. The summed E-state index contributed by atoms with van der Waals surface area (Å²) in [7, 11) is 0. The van der Waals surface area contributed by atoms with E-state index >= 15 is 0 Å². The van der Waals surface area contributed by atoms with Gasteiger partial charge in [-0.25, -0.2) is 0 Å². The Morgan fingerprint density at radius 2 is 2.00 bits per heavy atom. The lowest BCUT2D eigenvalue weighted by molar-refractivity contribution is 0.342. The summed E-state index contributed by atoms with van der Waals surface area (Å²) in [5.41, 5.74) is 1.05. The number of nitrogens with one attached hydrogen (secondary N) is 1. The number of aromatic nitrogens is 1. The molecule has 4 heteroatoms. The third-order valence-corrected chi connectivity index (χ3v) is 3.87. The number of nitrogens with zero attached hydrogens (tertiary/aromatic N) is 1. The predicted molar refractivity (Wildman–Crippen MR) is 88.9 cm³/mol. The summed E-state index contributed by atoms with van der Waals surface area (Å²) in [5, 5.41) is 3.33. The summed E-state index contributed by atoms with van der Waals surface area (Å²) in [6.07, 6.45) is 2.94. The molecule has 2 rings (SSSR count). The van der Waals surface area contributed by atoms with Gasteiger partial charge in [0.15, 0.2) is 0 Å². The number of hydrogen-bond donors (Lipinski definition) is 1. The topological polar surface area (TPSA) is 34.1 Å². The van der Waals surface area contributed by atoms with Crippen molar-refractivity contribution in [3.05, 3.63) is 54.4 Å². The van der Waals surface area contributed by atoms with Gasteiger partial charge in [0.05, 0.1) is 18.5 Å². The van der Waals surface area contributed by atoms with Crippen LogP contribution < -0.4 is 10.1 Å². The van der Waals surface area contributed by atoms with E-state index in [1.165, 1.54) is 4.90 Å². The lowest BCUT2D eigenvalue weighted by Gasteiger charge is -2.07. The molecule has 21 heavy (non-hydrogen) atoms. The van der Waals surface area contributed by atoms with E-state index in [-0.39, 0.29) is 0 Å². The molecule has 0 amide bonds. The molecule has 1 aromatic heterocycles. The van der Waals surface area contributed by atoms with E-state index in [4.69, 9.17) is 4.74 Å². The van der Waals surface area contributed by atoms with Gasteiger partial charge in [0, 0.05) is 17.2 Å². The molecule has 112 valence electrons. The van der Waals surface area contributed by atoms with Crippen molar-refractivity contribution in [3.63, 3.8) is 0 Å². The van der Waals surface area contributed by atoms with Crippen LogP contribution in [0.2, 0.25) is 0 Å². The third-order valence-electron chi connectivity index (χ3n) is 2.89. The summed E-state index contributed by atoms with van der Waals surface area (Å²) >= 11 is 1.80. The molecule has 0 atom stereocenters. The van der Waals surface area contributed by atoms with Crippen LogP contribution in [0.25, 0.3) is 0 Å². The summed E-state index contributed by atoms with van der Waals surface area (Å²) in [6.45, 7) is 4.69. The zero-order chi connectivity index (χ0) is 14.8. The highest BCUT2D eigenvalue weighted by molar-refractivity contribution is 7.99. The molecule has 0 radical (unpaired) electrons. The molecule has 0 aliphatic heterocycles. The fraction of sp³-hybridized carbons (Fsp3) is 0.353. The molecule has 1 heterocycles. The first kappa shape index (κ1) is 15.9. The second-order valence-corrected chi connectivity index (χ2v) is 5.84. The van der Waals surface area contributed by atoms with Gasteiger partial charge >= 0.3 is 0 Å². The van der Waals surface area contributed by atoms with Crippen LogP contribution in [0.3, 0.4) is 0 Å². The number of hydrogen-bond acceptors (Lipinski definition) is 4. The van der Waals surface area contributed by atoms with Crippen molar-refractivity contribution in [1.82, 2.24) is 10.3 Å². The minimum absolute atomic E-state index is 0.689. The summed E-state index contributed by atoms with van der Waals surface area (Å²) in [5.74, 6) is 1.77. The second kappa shape index (κ2) is 9.42. The van der Waals surface area contributed by atoms with Crippen molar-refractivity contribution in [2.24, 2.45) is 0 Å².